The van der Waals surface area contributed by atoms with E-state index < -0.39 is 18.3 Å². The average molecular weight is 517 g/mol. The quantitative estimate of drug-likeness (QED) is 0.300. The number of ether oxygens (including phenoxy) is 3. The first-order chi connectivity index (χ1) is 17.0. The summed E-state index contributed by atoms with van der Waals surface area (Å²) in [5, 5.41) is 3.37. The van der Waals surface area contributed by atoms with E-state index in [0.29, 0.717) is 21.8 Å². The molecule has 4 rings (SSSR count). The Hall–Kier alpha value is -3.60. The molecule has 0 bridgehead atoms. The van der Waals surface area contributed by atoms with Crippen LogP contribution in [-0.2, 0) is 4.74 Å². The maximum atomic E-state index is 12.6. The third-order valence-electron chi connectivity index (χ3n) is 4.95. The molecule has 8 nitrogen and oxygen atoms in total. The van der Waals surface area contributed by atoms with Crippen molar-refractivity contribution in [2.45, 2.75) is 46.8 Å². The molecule has 4 aromatic rings. The van der Waals surface area contributed by atoms with E-state index in [1.807, 2.05) is 32.0 Å². The highest BCUT2D eigenvalue weighted by atomic mass is 32.1. The summed E-state index contributed by atoms with van der Waals surface area (Å²) < 4.78 is 41.7. The molecule has 1 N–H and O–H groups in total. The van der Waals surface area contributed by atoms with Crippen molar-refractivity contribution in [2.24, 2.45) is 0 Å². The fraction of sp³-hybridized carbons (Fsp3) is 0.360. The van der Waals surface area contributed by atoms with E-state index in [4.69, 9.17) is 14.5 Å². The maximum absolute atomic E-state index is 12.6. The van der Waals surface area contributed by atoms with Crippen LogP contribution in [0.25, 0.3) is 31.8 Å². The number of nitrogens with one attached hydrogen (secondary N) is 1. The average Bonchev–Trinajstić information content (AvgIpc) is 3.22. The number of alkyl carbamates (subject to hydrolysis) is 1. The van der Waals surface area contributed by atoms with Crippen LogP contribution in [0.4, 0.5) is 13.6 Å². The van der Waals surface area contributed by atoms with Crippen LogP contribution in [0.5, 0.6) is 11.6 Å². The Bertz CT molecular complexity index is 1420. The van der Waals surface area contributed by atoms with Crippen molar-refractivity contribution in [3.8, 4) is 22.2 Å². The van der Waals surface area contributed by atoms with Gasteiger partial charge in [-0.15, -0.1) is 11.3 Å². The van der Waals surface area contributed by atoms with Crippen molar-refractivity contribution >= 4 is 38.7 Å². The molecule has 0 aliphatic rings. The lowest BCUT2D eigenvalue weighted by atomic mass is 10.1. The van der Waals surface area contributed by atoms with Crippen molar-refractivity contribution in [1.29, 1.82) is 0 Å². The van der Waals surface area contributed by atoms with Crippen LogP contribution in [-0.4, -0.2) is 46.4 Å². The van der Waals surface area contributed by atoms with Gasteiger partial charge in [0.1, 0.15) is 23.0 Å². The predicted molar refractivity (Wildman–Crippen MR) is 134 cm³/mol. The van der Waals surface area contributed by atoms with Crippen LogP contribution in [0, 0.1) is 13.8 Å². The zero-order valence-electron chi connectivity index (χ0n) is 20.5. The number of aromatic nitrogens is 3. The lowest BCUT2D eigenvalue weighted by Gasteiger charge is -2.19. The number of hydrogen-bond acceptors (Lipinski definition) is 8. The van der Waals surface area contributed by atoms with Gasteiger partial charge in [-0.3, -0.25) is 0 Å². The van der Waals surface area contributed by atoms with E-state index in [1.54, 1.807) is 26.8 Å². The van der Waals surface area contributed by atoms with Gasteiger partial charge in [0, 0.05) is 5.56 Å². The van der Waals surface area contributed by atoms with Gasteiger partial charge in [-0.2, -0.15) is 8.78 Å². The van der Waals surface area contributed by atoms with E-state index in [1.165, 1.54) is 17.5 Å². The number of hydrogen-bond donors (Lipinski definition) is 1. The second-order valence-corrected chi connectivity index (χ2v) is 10.1. The van der Waals surface area contributed by atoms with Crippen molar-refractivity contribution in [1.82, 2.24) is 20.3 Å². The predicted octanol–water partition coefficient (Wildman–Crippen LogP) is 6.03. The van der Waals surface area contributed by atoms with E-state index in [2.05, 4.69) is 20.0 Å². The monoisotopic (exact) mass is 516 g/mol. The molecule has 1 amide bonds. The molecule has 190 valence electrons. The SMILES string of the molecule is Cc1cc(-c2nc3c(C)ccc(OCCNC(=O)OC(C)(C)C)c3s2)c2ncc(OC(F)F)nc2c1. The third kappa shape index (κ3) is 5.96. The standard InChI is InChI=1S/C25H26F2N4O4S/c1-13-10-15(20-16(11-13)30-18(12-29-20)34-23(26)27)22-31-19-14(2)6-7-17(21(19)36-22)33-9-8-28-24(32)35-25(3,4)5/h6-7,10-12,23H,8-9H2,1-5H3,(H,28,32). The van der Waals surface area contributed by atoms with Crippen LogP contribution in [0.15, 0.2) is 30.5 Å². The van der Waals surface area contributed by atoms with E-state index in [0.717, 1.165) is 26.9 Å². The first-order valence-electron chi connectivity index (χ1n) is 11.2. The van der Waals surface area contributed by atoms with Gasteiger partial charge in [0.05, 0.1) is 34.0 Å². The third-order valence-corrected chi connectivity index (χ3v) is 6.05. The highest BCUT2D eigenvalue weighted by Gasteiger charge is 2.18. The fourth-order valence-corrected chi connectivity index (χ4v) is 4.65. The molecule has 0 spiro atoms. The zero-order chi connectivity index (χ0) is 26.0. The molecule has 2 aromatic heterocycles. The molecule has 0 unspecified atom stereocenters. The van der Waals surface area contributed by atoms with Gasteiger partial charge in [-0.05, 0) is 63.9 Å². The minimum atomic E-state index is -2.98. The molecule has 2 heterocycles. The number of fused-ring (bicyclic) bond motifs is 2. The molecule has 0 aliphatic carbocycles. The van der Waals surface area contributed by atoms with Crippen LogP contribution in [0.1, 0.15) is 31.9 Å². The molecule has 0 atom stereocenters. The normalized spacial score (nSPS) is 11.8. The first kappa shape index (κ1) is 25.5. The number of alkyl halides is 2. The number of carbonyl (C=O) groups excluding carboxylic acids is 1. The summed E-state index contributed by atoms with van der Waals surface area (Å²) in [7, 11) is 0. The van der Waals surface area contributed by atoms with Crippen molar-refractivity contribution in [3.05, 3.63) is 41.6 Å². The van der Waals surface area contributed by atoms with Gasteiger partial charge in [0.2, 0.25) is 5.88 Å². The molecule has 0 saturated carbocycles. The van der Waals surface area contributed by atoms with Gasteiger partial charge < -0.3 is 19.5 Å². The maximum Gasteiger partial charge on any atom is 0.407 e. The molecule has 0 fully saturated rings. The van der Waals surface area contributed by atoms with Crippen molar-refractivity contribution in [3.63, 3.8) is 0 Å². The van der Waals surface area contributed by atoms with E-state index in [-0.39, 0.29) is 19.0 Å². The van der Waals surface area contributed by atoms with Crippen LogP contribution in [0.3, 0.4) is 0 Å². The summed E-state index contributed by atoms with van der Waals surface area (Å²) in [6.07, 6.45) is 0.674. The topological polar surface area (TPSA) is 95.5 Å². The summed E-state index contributed by atoms with van der Waals surface area (Å²) in [6, 6.07) is 7.48. The number of thiazole rings is 1. The molecular formula is C25H26F2N4O4S. The Kier molecular flexibility index (Phi) is 7.21. The summed E-state index contributed by atoms with van der Waals surface area (Å²) in [5.41, 5.74) is 3.76. The van der Waals surface area contributed by atoms with Crippen LogP contribution >= 0.6 is 11.3 Å². The van der Waals surface area contributed by atoms with Crippen molar-refractivity contribution < 1.29 is 27.8 Å². The molecule has 2 aromatic carbocycles. The molecule has 36 heavy (non-hydrogen) atoms. The number of aryl methyl sites for hydroxylation is 2. The molecule has 11 heteroatoms. The molecule has 0 radical (unpaired) electrons. The number of halogens is 2. The Labute approximate surface area is 210 Å². The Morgan fingerprint density at radius 1 is 1.14 bits per heavy atom. The number of nitrogens with zero attached hydrogens (tertiary/aromatic N) is 3. The number of rotatable bonds is 7. The highest BCUT2D eigenvalue weighted by Crippen LogP contribution is 2.39. The molecule has 0 saturated heterocycles. The second-order valence-electron chi connectivity index (χ2n) is 9.12. The summed E-state index contributed by atoms with van der Waals surface area (Å²) in [4.78, 5) is 25.2. The summed E-state index contributed by atoms with van der Waals surface area (Å²) >= 11 is 1.43. The fourth-order valence-electron chi connectivity index (χ4n) is 3.53. The van der Waals surface area contributed by atoms with Crippen molar-refractivity contribution in [2.75, 3.05) is 13.2 Å². The van der Waals surface area contributed by atoms with Gasteiger partial charge in [0.25, 0.3) is 0 Å². The van der Waals surface area contributed by atoms with Crippen LogP contribution in [0.2, 0.25) is 0 Å². The van der Waals surface area contributed by atoms with Gasteiger partial charge in [-0.25, -0.2) is 19.7 Å². The Balaban J connectivity index is 1.61. The van der Waals surface area contributed by atoms with E-state index in [9.17, 15) is 13.6 Å². The lowest BCUT2D eigenvalue weighted by molar-refractivity contribution is -0.0528. The minimum absolute atomic E-state index is 0.245. The largest absolute Gasteiger partial charge is 0.490 e. The minimum Gasteiger partial charge on any atom is -0.490 e. The molecular weight excluding hydrogens is 490 g/mol. The zero-order valence-corrected chi connectivity index (χ0v) is 21.3. The van der Waals surface area contributed by atoms with Gasteiger partial charge in [-0.1, -0.05) is 6.07 Å². The Morgan fingerprint density at radius 3 is 2.64 bits per heavy atom. The number of carbonyl (C=O) groups is 1. The van der Waals surface area contributed by atoms with Gasteiger partial charge in [0.15, 0.2) is 0 Å². The van der Waals surface area contributed by atoms with Crippen LogP contribution < -0.4 is 14.8 Å². The highest BCUT2D eigenvalue weighted by molar-refractivity contribution is 7.22. The summed E-state index contributed by atoms with van der Waals surface area (Å²) in [6.45, 7) is 6.78. The first-order valence-corrected chi connectivity index (χ1v) is 12.0. The smallest absolute Gasteiger partial charge is 0.407 e. The number of benzene rings is 2. The number of amides is 1. The Morgan fingerprint density at radius 2 is 1.92 bits per heavy atom. The molecule has 0 aliphatic heterocycles. The van der Waals surface area contributed by atoms with Gasteiger partial charge >= 0.3 is 12.7 Å². The summed E-state index contributed by atoms with van der Waals surface area (Å²) in [5.74, 6) is 0.394. The second kappa shape index (κ2) is 10.2. The lowest BCUT2D eigenvalue weighted by Crippen LogP contribution is -2.34. The van der Waals surface area contributed by atoms with E-state index >= 15 is 0 Å².